The third-order valence-corrected chi connectivity index (χ3v) is 5.66. The van der Waals surface area contributed by atoms with E-state index in [0.717, 1.165) is 57.8 Å². The average molecular weight is 489 g/mol. The van der Waals surface area contributed by atoms with Crippen LogP contribution in [0.15, 0.2) is 46.3 Å². The number of hydrogen-bond acceptors (Lipinski definition) is 5. The molecule has 7 heteroatoms. The van der Waals surface area contributed by atoms with Crippen LogP contribution in [0, 0.1) is 13.8 Å². The fourth-order valence-electron chi connectivity index (χ4n) is 2.94. The zero-order valence-corrected chi connectivity index (χ0v) is 19.7. The van der Waals surface area contributed by atoms with E-state index in [-0.39, 0.29) is 12.5 Å². The first-order valence-electron chi connectivity index (χ1n) is 9.84. The molecule has 1 N–H and O–H groups in total. The van der Waals surface area contributed by atoms with Crippen molar-refractivity contribution in [1.82, 2.24) is 4.98 Å². The van der Waals surface area contributed by atoms with E-state index in [0.29, 0.717) is 5.13 Å². The number of nitrogens with zero attached hydrogens (tertiary/aromatic N) is 1. The summed E-state index contributed by atoms with van der Waals surface area (Å²) >= 11 is 4.85. The van der Waals surface area contributed by atoms with Gasteiger partial charge in [-0.3, -0.25) is 10.1 Å². The Kier molecular flexibility index (Phi) is 7.87. The summed E-state index contributed by atoms with van der Waals surface area (Å²) in [7, 11) is 0. The average Bonchev–Trinajstić information content (AvgIpc) is 3.16. The second-order valence-corrected chi connectivity index (χ2v) is 8.74. The van der Waals surface area contributed by atoms with Crippen LogP contribution in [-0.2, 0) is 4.79 Å². The van der Waals surface area contributed by atoms with Gasteiger partial charge in [0.25, 0.3) is 5.91 Å². The molecule has 1 amide bonds. The summed E-state index contributed by atoms with van der Waals surface area (Å²) in [6.45, 7) is 6.71. The van der Waals surface area contributed by atoms with Crippen molar-refractivity contribution in [2.45, 2.75) is 33.6 Å². The van der Waals surface area contributed by atoms with Gasteiger partial charge in [0.2, 0.25) is 0 Å². The number of aromatic nitrogens is 1. The second-order valence-electron chi connectivity index (χ2n) is 6.97. The number of amides is 1. The highest BCUT2D eigenvalue weighted by atomic mass is 79.9. The molecule has 0 aliphatic heterocycles. The van der Waals surface area contributed by atoms with E-state index >= 15 is 0 Å². The highest BCUT2D eigenvalue weighted by Gasteiger charge is 2.11. The Morgan fingerprint density at radius 3 is 2.50 bits per heavy atom. The molecule has 1 aromatic heterocycles. The second kappa shape index (κ2) is 10.6. The quantitative estimate of drug-likeness (QED) is 0.354. The van der Waals surface area contributed by atoms with Gasteiger partial charge in [0.05, 0.1) is 12.3 Å². The van der Waals surface area contributed by atoms with Crippen molar-refractivity contribution >= 4 is 38.3 Å². The Balaban J connectivity index is 1.55. The van der Waals surface area contributed by atoms with Gasteiger partial charge in [0.15, 0.2) is 11.7 Å². The predicted molar refractivity (Wildman–Crippen MR) is 126 cm³/mol. The van der Waals surface area contributed by atoms with E-state index in [1.165, 1.54) is 11.3 Å². The third-order valence-electron chi connectivity index (χ3n) is 4.44. The Morgan fingerprint density at radius 1 is 1.13 bits per heavy atom. The minimum Gasteiger partial charge on any atom is -0.494 e. The Hall–Kier alpha value is -2.38. The van der Waals surface area contributed by atoms with Gasteiger partial charge in [-0.15, -0.1) is 11.3 Å². The number of nitrogens with one attached hydrogen (secondary N) is 1. The number of hydrogen-bond donors (Lipinski definition) is 1. The zero-order valence-electron chi connectivity index (χ0n) is 17.3. The predicted octanol–water partition coefficient (Wildman–Crippen LogP) is 6.39. The highest BCUT2D eigenvalue weighted by Crippen LogP contribution is 2.28. The van der Waals surface area contributed by atoms with Gasteiger partial charge in [-0.05, 0) is 67.8 Å². The van der Waals surface area contributed by atoms with Gasteiger partial charge >= 0.3 is 0 Å². The Morgan fingerprint density at radius 2 is 1.83 bits per heavy atom. The molecule has 0 atom stereocenters. The molecule has 1 heterocycles. The summed E-state index contributed by atoms with van der Waals surface area (Å²) in [4.78, 5) is 16.8. The number of halogens is 1. The number of rotatable bonds is 9. The molecule has 30 heavy (non-hydrogen) atoms. The molecule has 2 aromatic carbocycles. The summed E-state index contributed by atoms with van der Waals surface area (Å²) in [5, 5.41) is 5.28. The van der Waals surface area contributed by atoms with Crippen molar-refractivity contribution < 1.29 is 14.3 Å². The standard InChI is InChI=1S/C23H25BrN2O3S/c1-4-5-10-28-19-8-6-17(7-9-19)20-14-30-23(25-20)26-21(27)13-29-22-15(2)11-18(24)12-16(22)3/h6-9,11-12,14H,4-5,10,13H2,1-3H3,(H,25,26,27). The highest BCUT2D eigenvalue weighted by molar-refractivity contribution is 9.10. The number of carbonyl (C=O) groups is 1. The largest absolute Gasteiger partial charge is 0.494 e. The van der Waals surface area contributed by atoms with Crippen LogP contribution in [0.25, 0.3) is 11.3 Å². The van der Waals surface area contributed by atoms with Crippen molar-refractivity contribution in [1.29, 1.82) is 0 Å². The van der Waals surface area contributed by atoms with Crippen molar-refractivity contribution in [3.05, 3.63) is 57.4 Å². The molecule has 3 aromatic rings. The molecular formula is C23H25BrN2O3S. The van der Waals surface area contributed by atoms with E-state index in [4.69, 9.17) is 9.47 Å². The molecule has 0 fully saturated rings. The molecule has 0 spiro atoms. The van der Waals surface area contributed by atoms with Gasteiger partial charge in [0.1, 0.15) is 11.5 Å². The summed E-state index contributed by atoms with van der Waals surface area (Å²) in [6, 6.07) is 11.8. The number of benzene rings is 2. The lowest BCUT2D eigenvalue weighted by molar-refractivity contribution is -0.118. The van der Waals surface area contributed by atoms with Crippen molar-refractivity contribution in [2.75, 3.05) is 18.5 Å². The molecule has 0 unspecified atom stereocenters. The normalized spacial score (nSPS) is 10.7. The Labute approximate surface area is 189 Å². The molecule has 0 aliphatic carbocycles. The van der Waals surface area contributed by atoms with E-state index in [2.05, 4.69) is 33.2 Å². The van der Waals surface area contributed by atoms with Crippen LogP contribution in [-0.4, -0.2) is 24.1 Å². The smallest absolute Gasteiger partial charge is 0.264 e. The van der Waals surface area contributed by atoms with Crippen molar-refractivity contribution in [3.63, 3.8) is 0 Å². The summed E-state index contributed by atoms with van der Waals surface area (Å²) in [5.74, 6) is 1.35. The molecule has 5 nitrogen and oxygen atoms in total. The number of thiazole rings is 1. The molecule has 0 aliphatic rings. The van der Waals surface area contributed by atoms with E-state index in [1.807, 2.05) is 55.6 Å². The van der Waals surface area contributed by atoms with Crippen LogP contribution < -0.4 is 14.8 Å². The number of unbranched alkanes of at least 4 members (excludes halogenated alkanes) is 1. The minimum atomic E-state index is -0.239. The summed E-state index contributed by atoms with van der Waals surface area (Å²) in [6.07, 6.45) is 2.15. The third kappa shape index (κ3) is 6.06. The maximum atomic E-state index is 12.3. The van der Waals surface area contributed by atoms with Gasteiger partial charge in [-0.25, -0.2) is 4.98 Å². The van der Waals surface area contributed by atoms with E-state index in [1.54, 1.807) is 0 Å². The lowest BCUT2D eigenvalue weighted by atomic mass is 10.1. The molecule has 0 saturated heterocycles. The minimum absolute atomic E-state index is 0.0674. The number of aryl methyl sites for hydroxylation is 2. The van der Waals surface area contributed by atoms with Crippen molar-refractivity contribution in [3.8, 4) is 22.8 Å². The lowest BCUT2D eigenvalue weighted by Crippen LogP contribution is -2.20. The van der Waals surface area contributed by atoms with E-state index in [9.17, 15) is 4.79 Å². The fourth-order valence-corrected chi connectivity index (χ4v) is 4.36. The SMILES string of the molecule is CCCCOc1ccc(-c2csc(NC(=O)COc3c(C)cc(Br)cc3C)n2)cc1. The van der Waals surface area contributed by atoms with E-state index < -0.39 is 0 Å². The zero-order chi connectivity index (χ0) is 21.5. The first-order valence-corrected chi connectivity index (χ1v) is 11.5. The topological polar surface area (TPSA) is 60.5 Å². The summed E-state index contributed by atoms with van der Waals surface area (Å²) < 4.78 is 12.4. The Bertz CT molecular complexity index is 979. The monoisotopic (exact) mass is 488 g/mol. The van der Waals surface area contributed by atoms with Crippen LogP contribution in [0.1, 0.15) is 30.9 Å². The molecular weight excluding hydrogens is 464 g/mol. The molecule has 0 saturated carbocycles. The number of anilines is 1. The van der Waals surface area contributed by atoms with Crippen LogP contribution in [0.4, 0.5) is 5.13 Å². The van der Waals surface area contributed by atoms with Crippen LogP contribution >= 0.6 is 27.3 Å². The maximum absolute atomic E-state index is 12.3. The van der Waals surface area contributed by atoms with Crippen LogP contribution in [0.2, 0.25) is 0 Å². The molecule has 3 rings (SSSR count). The first kappa shape index (κ1) is 22.3. The molecule has 158 valence electrons. The first-order chi connectivity index (χ1) is 14.5. The van der Waals surface area contributed by atoms with Gasteiger partial charge in [0, 0.05) is 15.4 Å². The maximum Gasteiger partial charge on any atom is 0.264 e. The lowest BCUT2D eigenvalue weighted by Gasteiger charge is -2.12. The fraction of sp³-hybridized carbons (Fsp3) is 0.304. The number of ether oxygens (including phenoxy) is 2. The van der Waals surface area contributed by atoms with Crippen LogP contribution in [0.5, 0.6) is 11.5 Å². The molecule has 0 bridgehead atoms. The number of carbonyl (C=O) groups excluding carboxylic acids is 1. The van der Waals surface area contributed by atoms with Gasteiger partial charge < -0.3 is 9.47 Å². The van der Waals surface area contributed by atoms with Crippen molar-refractivity contribution in [2.24, 2.45) is 0 Å². The summed E-state index contributed by atoms with van der Waals surface area (Å²) in [5.41, 5.74) is 3.75. The van der Waals surface area contributed by atoms with Gasteiger partial charge in [-0.2, -0.15) is 0 Å². The molecule has 0 radical (unpaired) electrons. The van der Waals surface area contributed by atoms with Crippen LogP contribution in [0.3, 0.4) is 0 Å². The van der Waals surface area contributed by atoms with Gasteiger partial charge in [-0.1, -0.05) is 29.3 Å².